The van der Waals surface area contributed by atoms with Crippen molar-refractivity contribution in [3.05, 3.63) is 33.3 Å². The second kappa shape index (κ2) is 7.66. The highest BCUT2D eigenvalue weighted by Crippen LogP contribution is 2.36. The molecule has 1 aromatic rings. The zero-order valence-corrected chi connectivity index (χ0v) is 14.5. The summed E-state index contributed by atoms with van der Waals surface area (Å²) in [6, 6.07) is 3.45. The minimum atomic E-state index is -3.13. The van der Waals surface area contributed by atoms with Gasteiger partial charge in [-0.3, -0.25) is 0 Å². The topological polar surface area (TPSA) is 67.4 Å². The van der Waals surface area contributed by atoms with E-state index in [4.69, 9.17) is 27.9 Å². The number of fused-ring (bicyclic) bond motifs is 1. The average Bonchev–Trinajstić information content (AvgIpc) is 2.46. The quantitative estimate of drug-likeness (QED) is 0.728. The highest BCUT2D eigenvalue weighted by molar-refractivity contribution is 7.89. The summed E-state index contributed by atoms with van der Waals surface area (Å²) in [5.41, 5.74) is 1.90. The smallest absolute Gasteiger partial charge is 0.211 e. The Balaban J connectivity index is 1.86. The number of sulfonamides is 1. The molecule has 1 aliphatic rings. The van der Waals surface area contributed by atoms with Crippen LogP contribution in [0.25, 0.3) is 6.08 Å². The second-order valence-electron chi connectivity index (χ2n) is 4.87. The Morgan fingerprint density at radius 1 is 1.27 bits per heavy atom. The third-order valence-electron chi connectivity index (χ3n) is 3.15. The van der Waals surface area contributed by atoms with E-state index in [9.17, 15) is 8.42 Å². The third-order valence-corrected chi connectivity index (χ3v) is 5.06. The van der Waals surface area contributed by atoms with E-state index in [1.165, 1.54) is 0 Å². The maximum Gasteiger partial charge on any atom is 0.211 e. The van der Waals surface area contributed by atoms with Gasteiger partial charge in [-0.1, -0.05) is 23.2 Å². The normalized spacial score (nSPS) is 14.2. The van der Waals surface area contributed by atoms with Crippen molar-refractivity contribution in [2.75, 3.05) is 32.0 Å². The van der Waals surface area contributed by atoms with E-state index < -0.39 is 10.0 Å². The van der Waals surface area contributed by atoms with Gasteiger partial charge in [0.15, 0.2) is 0 Å². The van der Waals surface area contributed by atoms with Crippen LogP contribution in [0.4, 0.5) is 0 Å². The molecule has 0 saturated carbocycles. The van der Waals surface area contributed by atoms with Gasteiger partial charge in [0.25, 0.3) is 0 Å². The van der Waals surface area contributed by atoms with Gasteiger partial charge in [-0.15, -0.1) is 0 Å². The number of benzene rings is 1. The van der Waals surface area contributed by atoms with E-state index in [0.29, 0.717) is 42.0 Å². The monoisotopic (exact) mass is 364 g/mol. The van der Waals surface area contributed by atoms with Gasteiger partial charge in [0.1, 0.15) is 12.4 Å². The van der Waals surface area contributed by atoms with Crippen molar-refractivity contribution in [2.24, 2.45) is 0 Å². The van der Waals surface area contributed by atoms with Crippen molar-refractivity contribution in [3.63, 3.8) is 0 Å². The summed E-state index contributed by atoms with van der Waals surface area (Å²) in [6.45, 7) is 3.56. The number of nitrogens with one attached hydrogen (secondary N) is 2. The van der Waals surface area contributed by atoms with Gasteiger partial charge in [-0.2, -0.15) is 0 Å². The lowest BCUT2D eigenvalue weighted by atomic mass is 10.1. The Hall–Kier alpha value is -0.790. The van der Waals surface area contributed by atoms with Crippen molar-refractivity contribution in [3.8, 4) is 5.75 Å². The number of ether oxygens (including phenoxy) is 1. The van der Waals surface area contributed by atoms with Crippen molar-refractivity contribution in [1.29, 1.82) is 0 Å². The van der Waals surface area contributed by atoms with E-state index in [2.05, 4.69) is 10.0 Å². The highest BCUT2D eigenvalue weighted by Gasteiger charge is 2.15. The second-order valence-corrected chi connectivity index (χ2v) is 7.81. The van der Waals surface area contributed by atoms with Crippen LogP contribution in [0, 0.1) is 0 Å². The Labute approximate surface area is 140 Å². The first-order valence-electron chi connectivity index (χ1n) is 6.90. The van der Waals surface area contributed by atoms with E-state index in [0.717, 1.165) is 11.1 Å². The molecule has 0 fully saturated rings. The van der Waals surface area contributed by atoms with Gasteiger partial charge in [0.2, 0.25) is 10.0 Å². The molecular formula is C14H18Cl2N2O3S. The predicted octanol–water partition coefficient (Wildman–Crippen LogP) is 2.30. The van der Waals surface area contributed by atoms with Gasteiger partial charge in [0.05, 0.1) is 10.8 Å². The number of hydrogen-bond donors (Lipinski definition) is 2. The SMILES string of the molecule is CCS(=O)(=O)NCCNCC1=Cc2cc(Cl)cc(Cl)c2OC1. The van der Waals surface area contributed by atoms with Crippen LogP contribution >= 0.6 is 23.2 Å². The molecular weight excluding hydrogens is 347 g/mol. The first-order chi connectivity index (χ1) is 10.4. The van der Waals surface area contributed by atoms with Gasteiger partial charge >= 0.3 is 0 Å². The summed E-state index contributed by atoms with van der Waals surface area (Å²) in [5, 5.41) is 4.23. The zero-order valence-electron chi connectivity index (χ0n) is 12.2. The Morgan fingerprint density at radius 3 is 2.77 bits per heavy atom. The molecule has 2 rings (SSSR count). The Bertz CT molecular complexity index is 675. The van der Waals surface area contributed by atoms with Crippen LogP contribution in [-0.4, -0.2) is 40.4 Å². The summed E-state index contributed by atoms with van der Waals surface area (Å²) in [4.78, 5) is 0. The van der Waals surface area contributed by atoms with Crippen molar-refractivity contribution in [1.82, 2.24) is 10.0 Å². The maximum atomic E-state index is 11.3. The lowest BCUT2D eigenvalue weighted by Crippen LogP contribution is -2.34. The molecule has 0 radical (unpaired) electrons. The lowest BCUT2D eigenvalue weighted by molar-refractivity contribution is 0.343. The molecule has 0 aromatic heterocycles. The lowest BCUT2D eigenvalue weighted by Gasteiger charge is -2.19. The fourth-order valence-corrected chi connectivity index (χ4v) is 3.20. The molecule has 0 aliphatic carbocycles. The predicted molar refractivity (Wildman–Crippen MR) is 90.3 cm³/mol. The summed E-state index contributed by atoms with van der Waals surface area (Å²) < 4.78 is 30.7. The molecule has 0 atom stereocenters. The standard InChI is InChI=1S/C14H18Cl2N2O3S/c1-2-22(19,20)18-4-3-17-8-10-5-11-6-12(15)7-13(16)14(11)21-9-10/h5-7,17-18H,2-4,8-9H2,1H3. The molecule has 0 bridgehead atoms. The molecule has 0 spiro atoms. The van der Waals surface area contributed by atoms with Crippen molar-refractivity contribution < 1.29 is 13.2 Å². The molecule has 5 nitrogen and oxygen atoms in total. The van der Waals surface area contributed by atoms with E-state index in [1.54, 1.807) is 19.1 Å². The van der Waals surface area contributed by atoms with Crippen LogP contribution in [0.2, 0.25) is 10.0 Å². The zero-order chi connectivity index (χ0) is 16.2. The van der Waals surface area contributed by atoms with Gasteiger partial charge < -0.3 is 10.1 Å². The van der Waals surface area contributed by atoms with E-state index in [1.807, 2.05) is 6.08 Å². The highest BCUT2D eigenvalue weighted by atomic mass is 35.5. The number of halogens is 2. The molecule has 8 heteroatoms. The molecule has 1 aliphatic heterocycles. The molecule has 1 aromatic carbocycles. The maximum absolute atomic E-state index is 11.3. The summed E-state index contributed by atoms with van der Waals surface area (Å²) in [7, 11) is -3.13. The van der Waals surface area contributed by atoms with Gasteiger partial charge in [0, 0.05) is 30.2 Å². The van der Waals surface area contributed by atoms with Crippen molar-refractivity contribution in [2.45, 2.75) is 6.92 Å². The van der Waals surface area contributed by atoms with Gasteiger partial charge in [-0.25, -0.2) is 13.1 Å². The van der Waals surface area contributed by atoms with Crippen LogP contribution in [0.15, 0.2) is 17.7 Å². The van der Waals surface area contributed by atoms with Crippen LogP contribution in [0.3, 0.4) is 0 Å². The Morgan fingerprint density at radius 2 is 2.05 bits per heavy atom. The first kappa shape index (κ1) is 17.6. The molecule has 0 amide bonds. The van der Waals surface area contributed by atoms with Crippen LogP contribution in [-0.2, 0) is 10.0 Å². The molecule has 22 heavy (non-hydrogen) atoms. The minimum absolute atomic E-state index is 0.0876. The molecule has 122 valence electrons. The molecule has 0 unspecified atom stereocenters. The number of rotatable bonds is 7. The fraction of sp³-hybridized carbons (Fsp3) is 0.429. The van der Waals surface area contributed by atoms with Crippen LogP contribution in [0.5, 0.6) is 5.75 Å². The molecule has 1 heterocycles. The van der Waals surface area contributed by atoms with Crippen molar-refractivity contribution >= 4 is 39.3 Å². The summed E-state index contributed by atoms with van der Waals surface area (Å²) in [5.74, 6) is 0.732. The van der Waals surface area contributed by atoms with Gasteiger partial charge in [-0.05, 0) is 30.7 Å². The average molecular weight is 365 g/mol. The van der Waals surface area contributed by atoms with E-state index in [-0.39, 0.29) is 5.75 Å². The van der Waals surface area contributed by atoms with E-state index >= 15 is 0 Å². The third kappa shape index (κ3) is 4.86. The summed E-state index contributed by atoms with van der Waals surface area (Å²) in [6.07, 6.45) is 1.99. The summed E-state index contributed by atoms with van der Waals surface area (Å²) >= 11 is 12.1. The Kier molecular flexibility index (Phi) is 6.11. The number of hydrogen-bond acceptors (Lipinski definition) is 4. The largest absolute Gasteiger partial charge is 0.487 e. The van der Waals surface area contributed by atoms with Crippen LogP contribution in [0.1, 0.15) is 12.5 Å². The molecule has 0 saturated heterocycles. The first-order valence-corrected chi connectivity index (χ1v) is 9.31. The fourth-order valence-electron chi connectivity index (χ4n) is 2.01. The molecule has 2 N–H and O–H groups in total. The van der Waals surface area contributed by atoms with Crippen LogP contribution < -0.4 is 14.8 Å². The minimum Gasteiger partial charge on any atom is -0.487 e.